The molecule has 3 heterocycles. The van der Waals surface area contributed by atoms with Crippen LogP contribution in [0.2, 0.25) is 0 Å². The summed E-state index contributed by atoms with van der Waals surface area (Å²) in [6.07, 6.45) is -11.4. The van der Waals surface area contributed by atoms with Gasteiger partial charge in [0.15, 0.2) is 5.82 Å². The fourth-order valence-corrected chi connectivity index (χ4v) is 3.10. The predicted molar refractivity (Wildman–Crippen MR) is 90.3 cm³/mol. The van der Waals surface area contributed by atoms with Crippen molar-refractivity contribution in [3.05, 3.63) is 23.9 Å². The normalized spacial score (nSPS) is 27.4. The van der Waals surface area contributed by atoms with Gasteiger partial charge in [-0.15, -0.1) is 0 Å². The number of aromatic nitrogens is 1. The Morgan fingerprint density at radius 2 is 1.50 bits per heavy atom. The SMILES string of the molecule is CC1=NN(C(=O)c2ccc(N3N=C(C)CC3(O)C(F)(F)F)nc2)C(O)(C(F)(F)F)C1. The highest BCUT2D eigenvalue weighted by Crippen LogP contribution is 2.43. The third kappa shape index (κ3) is 3.29. The lowest BCUT2D eigenvalue weighted by molar-refractivity contribution is -0.297. The molecule has 3 rings (SSSR count). The molecule has 0 bridgehead atoms. The first-order valence-corrected chi connectivity index (χ1v) is 8.37. The number of halogens is 6. The van der Waals surface area contributed by atoms with Gasteiger partial charge in [0.05, 0.1) is 5.56 Å². The number of nitrogens with zero attached hydrogens (tertiary/aromatic N) is 5. The molecule has 2 aliphatic heterocycles. The Hall–Kier alpha value is -2.74. The lowest BCUT2D eigenvalue weighted by atomic mass is 10.1. The highest BCUT2D eigenvalue weighted by molar-refractivity contribution is 5.97. The van der Waals surface area contributed by atoms with Gasteiger partial charge in [-0.2, -0.15) is 41.6 Å². The van der Waals surface area contributed by atoms with Crippen molar-refractivity contribution in [2.75, 3.05) is 5.01 Å². The number of aliphatic hydroxyl groups is 2. The van der Waals surface area contributed by atoms with E-state index in [1.165, 1.54) is 13.8 Å². The number of carbonyl (C=O) groups excluding carboxylic acids is 1. The molecule has 2 unspecified atom stereocenters. The Bertz CT molecular complexity index is 929. The van der Waals surface area contributed by atoms with Crippen molar-refractivity contribution in [2.24, 2.45) is 10.2 Å². The van der Waals surface area contributed by atoms with Gasteiger partial charge in [-0.05, 0) is 26.0 Å². The molecule has 0 radical (unpaired) electrons. The fourth-order valence-electron chi connectivity index (χ4n) is 3.10. The van der Waals surface area contributed by atoms with E-state index < -0.39 is 53.9 Å². The molecular formula is C16H15F6N5O3. The zero-order chi connectivity index (χ0) is 22.7. The molecule has 2 atom stereocenters. The van der Waals surface area contributed by atoms with Crippen LogP contribution in [0.4, 0.5) is 32.2 Å². The van der Waals surface area contributed by atoms with Crippen LogP contribution in [0.5, 0.6) is 0 Å². The topological polar surface area (TPSA) is 102 Å². The summed E-state index contributed by atoms with van der Waals surface area (Å²) in [7, 11) is 0. The van der Waals surface area contributed by atoms with Crippen LogP contribution in [0.15, 0.2) is 28.5 Å². The first-order valence-electron chi connectivity index (χ1n) is 8.37. The van der Waals surface area contributed by atoms with Crippen LogP contribution in [-0.2, 0) is 0 Å². The minimum Gasteiger partial charge on any atom is -0.362 e. The molecule has 1 aromatic rings. The molecule has 1 aromatic heterocycles. The fraction of sp³-hybridized carbons (Fsp3) is 0.500. The zero-order valence-corrected chi connectivity index (χ0v) is 15.5. The maximum atomic E-state index is 13.3. The molecule has 0 fully saturated rings. The minimum atomic E-state index is -5.21. The van der Waals surface area contributed by atoms with Crippen molar-refractivity contribution >= 4 is 23.1 Å². The zero-order valence-electron chi connectivity index (χ0n) is 15.5. The second-order valence-electron chi connectivity index (χ2n) is 6.99. The quantitative estimate of drug-likeness (QED) is 0.690. The standard InChI is InChI=1S/C16H15F6N5O3/c1-8-5-13(29,15(17,18)19)26(24-8)11-4-3-10(7-23-11)12(28)27-14(30,16(20,21)22)6-9(2)25-27/h3-4,7,29-30H,5-6H2,1-2H3. The average Bonchev–Trinajstić information content (AvgIpc) is 3.10. The van der Waals surface area contributed by atoms with E-state index in [0.29, 0.717) is 6.20 Å². The molecule has 30 heavy (non-hydrogen) atoms. The average molecular weight is 439 g/mol. The van der Waals surface area contributed by atoms with Crippen LogP contribution in [0, 0.1) is 0 Å². The van der Waals surface area contributed by atoms with Gasteiger partial charge in [0, 0.05) is 30.5 Å². The van der Waals surface area contributed by atoms with Gasteiger partial charge in [-0.1, -0.05) is 0 Å². The lowest BCUT2D eigenvalue weighted by Crippen LogP contribution is -2.56. The molecule has 8 nitrogen and oxygen atoms in total. The molecule has 0 aliphatic carbocycles. The number of alkyl halides is 6. The number of hydrogen-bond acceptors (Lipinski definition) is 7. The monoisotopic (exact) mass is 439 g/mol. The van der Waals surface area contributed by atoms with Crippen molar-refractivity contribution in [1.29, 1.82) is 0 Å². The maximum Gasteiger partial charge on any atom is 0.438 e. The molecule has 2 N–H and O–H groups in total. The van der Waals surface area contributed by atoms with E-state index in [1.54, 1.807) is 0 Å². The molecule has 1 amide bonds. The van der Waals surface area contributed by atoms with Crippen molar-refractivity contribution < 1.29 is 41.4 Å². The van der Waals surface area contributed by atoms with E-state index in [0.717, 1.165) is 12.1 Å². The third-order valence-corrected chi connectivity index (χ3v) is 4.56. The molecule has 0 saturated heterocycles. The second-order valence-corrected chi connectivity index (χ2v) is 6.99. The largest absolute Gasteiger partial charge is 0.438 e. The van der Waals surface area contributed by atoms with Crippen LogP contribution >= 0.6 is 0 Å². The summed E-state index contributed by atoms with van der Waals surface area (Å²) in [5, 5.41) is 27.1. The summed E-state index contributed by atoms with van der Waals surface area (Å²) in [6.45, 7) is 2.46. The van der Waals surface area contributed by atoms with Crippen molar-refractivity contribution in [3.63, 3.8) is 0 Å². The van der Waals surface area contributed by atoms with Crippen molar-refractivity contribution in [2.45, 2.75) is 50.5 Å². The summed E-state index contributed by atoms with van der Waals surface area (Å²) in [5.74, 6) is -1.85. The first-order chi connectivity index (χ1) is 13.6. The van der Waals surface area contributed by atoms with Crippen molar-refractivity contribution in [1.82, 2.24) is 9.99 Å². The highest BCUT2D eigenvalue weighted by Gasteiger charge is 2.63. The molecule has 164 valence electrons. The number of hydrogen-bond donors (Lipinski definition) is 2. The van der Waals surface area contributed by atoms with Gasteiger partial charge in [0.25, 0.3) is 17.4 Å². The van der Waals surface area contributed by atoms with E-state index in [-0.39, 0.29) is 21.4 Å². The van der Waals surface area contributed by atoms with E-state index in [2.05, 4.69) is 15.2 Å². The number of rotatable bonds is 2. The second kappa shape index (κ2) is 6.63. The smallest absolute Gasteiger partial charge is 0.362 e. The van der Waals surface area contributed by atoms with E-state index in [1.807, 2.05) is 0 Å². The van der Waals surface area contributed by atoms with Gasteiger partial charge in [-0.3, -0.25) is 4.79 Å². The molecule has 0 saturated carbocycles. The Morgan fingerprint density at radius 3 is 2.00 bits per heavy atom. The molecule has 0 aromatic carbocycles. The van der Waals surface area contributed by atoms with Crippen LogP contribution in [0.1, 0.15) is 37.0 Å². The predicted octanol–water partition coefficient (Wildman–Crippen LogP) is 2.39. The van der Waals surface area contributed by atoms with Crippen LogP contribution in [-0.4, -0.2) is 61.3 Å². The number of pyridine rings is 1. The molecular weight excluding hydrogens is 424 g/mol. The van der Waals surface area contributed by atoms with Crippen LogP contribution in [0.3, 0.4) is 0 Å². The van der Waals surface area contributed by atoms with Gasteiger partial charge >= 0.3 is 12.4 Å². The number of amides is 1. The summed E-state index contributed by atoms with van der Waals surface area (Å²) in [4.78, 5) is 16.1. The lowest BCUT2D eigenvalue weighted by Gasteiger charge is -2.33. The maximum absolute atomic E-state index is 13.3. The van der Waals surface area contributed by atoms with E-state index in [4.69, 9.17) is 0 Å². The summed E-state index contributed by atoms with van der Waals surface area (Å²) < 4.78 is 79.7. The summed E-state index contributed by atoms with van der Waals surface area (Å²) in [6, 6.07) is 1.77. The van der Waals surface area contributed by atoms with Crippen molar-refractivity contribution in [3.8, 4) is 0 Å². The third-order valence-electron chi connectivity index (χ3n) is 4.56. The first kappa shape index (κ1) is 22.0. The van der Waals surface area contributed by atoms with Crippen LogP contribution in [0.25, 0.3) is 0 Å². The highest BCUT2D eigenvalue weighted by atomic mass is 19.4. The summed E-state index contributed by atoms with van der Waals surface area (Å²) >= 11 is 0. The molecule has 14 heteroatoms. The Morgan fingerprint density at radius 1 is 0.967 bits per heavy atom. The Balaban J connectivity index is 1.92. The van der Waals surface area contributed by atoms with E-state index in [9.17, 15) is 41.4 Å². The van der Waals surface area contributed by atoms with Gasteiger partial charge in [-0.25, -0.2) is 9.99 Å². The Labute approximate surface area is 165 Å². The van der Waals surface area contributed by atoms with E-state index >= 15 is 0 Å². The number of hydrazone groups is 2. The van der Waals surface area contributed by atoms with Gasteiger partial charge < -0.3 is 10.2 Å². The Kier molecular flexibility index (Phi) is 4.85. The summed E-state index contributed by atoms with van der Waals surface area (Å²) in [5.41, 5.74) is -7.57. The minimum absolute atomic E-state index is 0.0334. The number of carbonyl (C=O) groups is 1. The van der Waals surface area contributed by atoms with Crippen LogP contribution < -0.4 is 5.01 Å². The number of anilines is 1. The van der Waals surface area contributed by atoms with Gasteiger partial charge in [0.1, 0.15) is 0 Å². The molecule has 2 aliphatic rings. The van der Waals surface area contributed by atoms with Gasteiger partial charge in [0.2, 0.25) is 0 Å². The molecule has 0 spiro atoms.